The SMILES string of the molecule is O=C(c1ccc(Nc2cccc(C(F)(F)F)c2)nn1)N1CCc2ccccc2C1. The molecule has 29 heavy (non-hydrogen) atoms. The molecule has 8 heteroatoms. The zero-order valence-electron chi connectivity index (χ0n) is 15.3. The Morgan fingerprint density at radius 1 is 0.966 bits per heavy atom. The zero-order valence-corrected chi connectivity index (χ0v) is 15.3. The maximum absolute atomic E-state index is 12.8. The Hall–Kier alpha value is -3.42. The number of fused-ring (bicyclic) bond motifs is 1. The molecule has 0 bridgehead atoms. The lowest BCUT2D eigenvalue weighted by Gasteiger charge is -2.28. The first-order valence-electron chi connectivity index (χ1n) is 9.04. The summed E-state index contributed by atoms with van der Waals surface area (Å²) >= 11 is 0. The molecule has 0 unspecified atom stereocenters. The molecule has 0 radical (unpaired) electrons. The number of benzene rings is 2. The highest BCUT2D eigenvalue weighted by molar-refractivity contribution is 5.92. The summed E-state index contributed by atoms with van der Waals surface area (Å²) in [7, 11) is 0. The summed E-state index contributed by atoms with van der Waals surface area (Å²) in [6, 6.07) is 15.8. The molecule has 1 aliphatic rings. The summed E-state index contributed by atoms with van der Waals surface area (Å²) in [4.78, 5) is 14.4. The lowest BCUT2D eigenvalue weighted by atomic mass is 10.00. The Labute approximate surface area is 165 Å². The van der Waals surface area contributed by atoms with Crippen LogP contribution in [0.15, 0.2) is 60.7 Å². The van der Waals surface area contributed by atoms with Crippen molar-refractivity contribution in [2.45, 2.75) is 19.1 Å². The minimum absolute atomic E-state index is 0.193. The number of carbonyl (C=O) groups is 1. The van der Waals surface area contributed by atoms with Gasteiger partial charge in [-0.1, -0.05) is 30.3 Å². The fourth-order valence-electron chi connectivity index (χ4n) is 3.27. The normalized spacial score (nSPS) is 13.7. The third-order valence-electron chi connectivity index (χ3n) is 4.76. The molecule has 5 nitrogen and oxygen atoms in total. The van der Waals surface area contributed by atoms with E-state index in [0.29, 0.717) is 13.1 Å². The van der Waals surface area contributed by atoms with E-state index in [2.05, 4.69) is 21.6 Å². The average molecular weight is 398 g/mol. The quantitative estimate of drug-likeness (QED) is 0.709. The van der Waals surface area contributed by atoms with Crippen LogP contribution in [-0.2, 0) is 19.1 Å². The third-order valence-corrected chi connectivity index (χ3v) is 4.76. The molecule has 0 saturated heterocycles. The third kappa shape index (κ3) is 4.21. The molecular formula is C21H17F3N4O. The fourth-order valence-corrected chi connectivity index (χ4v) is 3.27. The molecule has 1 aliphatic heterocycles. The van der Waals surface area contributed by atoms with Crippen molar-refractivity contribution in [2.75, 3.05) is 11.9 Å². The molecule has 3 aromatic rings. The summed E-state index contributed by atoms with van der Waals surface area (Å²) in [5, 5.41) is 10.7. The minimum Gasteiger partial charge on any atom is -0.339 e. The van der Waals surface area contributed by atoms with E-state index in [1.54, 1.807) is 4.90 Å². The first-order valence-corrected chi connectivity index (χ1v) is 9.04. The maximum atomic E-state index is 12.8. The van der Waals surface area contributed by atoms with Crippen molar-refractivity contribution in [3.63, 3.8) is 0 Å². The van der Waals surface area contributed by atoms with Gasteiger partial charge in [-0.2, -0.15) is 13.2 Å². The van der Waals surface area contributed by atoms with Crippen molar-refractivity contribution in [3.05, 3.63) is 83.0 Å². The second-order valence-electron chi connectivity index (χ2n) is 6.75. The Morgan fingerprint density at radius 2 is 1.76 bits per heavy atom. The van der Waals surface area contributed by atoms with Gasteiger partial charge in [0.15, 0.2) is 11.5 Å². The molecule has 4 rings (SSSR count). The van der Waals surface area contributed by atoms with E-state index in [1.807, 2.05) is 18.2 Å². The Balaban J connectivity index is 1.45. The maximum Gasteiger partial charge on any atom is 0.416 e. The number of amides is 1. The van der Waals surface area contributed by atoms with Crippen LogP contribution >= 0.6 is 0 Å². The molecule has 0 spiro atoms. The Morgan fingerprint density at radius 3 is 2.48 bits per heavy atom. The van der Waals surface area contributed by atoms with E-state index in [4.69, 9.17) is 0 Å². The van der Waals surface area contributed by atoms with Crippen LogP contribution < -0.4 is 5.32 Å². The molecule has 1 amide bonds. The molecule has 1 aromatic heterocycles. The van der Waals surface area contributed by atoms with Gasteiger partial charge in [0.2, 0.25) is 0 Å². The second kappa shape index (κ2) is 7.54. The van der Waals surface area contributed by atoms with Gasteiger partial charge < -0.3 is 10.2 Å². The van der Waals surface area contributed by atoms with E-state index < -0.39 is 11.7 Å². The monoisotopic (exact) mass is 398 g/mol. The summed E-state index contributed by atoms with van der Waals surface area (Å²) in [5.41, 5.74) is 2.03. The number of aromatic nitrogens is 2. The molecule has 0 aliphatic carbocycles. The molecule has 0 atom stereocenters. The average Bonchev–Trinajstić information content (AvgIpc) is 2.73. The number of hydrogen-bond donors (Lipinski definition) is 1. The van der Waals surface area contributed by atoms with Crippen LogP contribution in [0.5, 0.6) is 0 Å². The van der Waals surface area contributed by atoms with Crippen molar-refractivity contribution in [1.29, 1.82) is 0 Å². The van der Waals surface area contributed by atoms with E-state index in [1.165, 1.54) is 29.8 Å². The van der Waals surface area contributed by atoms with Gasteiger partial charge in [0.1, 0.15) is 0 Å². The summed E-state index contributed by atoms with van der Waals surface area (Å²) in [6.45, 7) is 1.11. The van der Waals surface area contributed by atoms with E-state index in [0.717, 1.165) is 24.1 Å². The molecule has 0 saturated carbocycles. The molecule has 2 heterocycles. The zero-order chi connectivity index (χ0) is 20.4. The van der Waals surface area contributed by atoms with Gasteiger partial charge in [0, 0.05) is 18.8 Å². The number of carbonyl (C=O) groups excluding carboxylic acids is 1. The van der Waals surface area contributed by atoms with Crippen LogP contribution in [-0.4, -0.2) is 27.5 Å². The van der Waals surface area contributed by atoms with Crippen LogP contribution in [0.3, 0.4) is 0 Å². The van der Waals surface area contributed by atoms with Gasteiger partial charge in [-0.05, 0) is 47.9 Å². The number of nitrogens with zero attached hydrogens (tertiary/aromatic N) is 3. The molecule has 1 N–H and O–H groups in total. The predicted octanol–water partition coefficient (Wildman–Crippen LogP) is 4.44. The number of halogens is 3. The smallest absolute Gasteiger partial charge is 0.339 e. The van der Waals surface area contributed by atoms with Crippen LogP contribution in [0.25, 0.3) is 0 Å². The van der Waals surface area contributed by atoms with Crippen molar-refractivity contribution >= 4 is 17.4 Å². The van der Waals surface area contributed by atoms with Crippen molar-refractivity contribution in [3.8, 4) is 0 Å². The lowest BCUT2D eigenvalue weighted by Crippen LogP contribution is -2.36. The van der Waals surface area contributed by atoms with Crippen LogP contribution in [0, 0.1) is 0 Å². The Bertz CT molecular complexity index is 1030. The highest BCUT2D eigenvalue weighted by Crippen LogP contribution is 2.31. The van der Waals surface area contributed by atoms with Crippen molar-refractivity contribution in [1.82, 2.24) is 15.1 Å². The standard InChI is InChI=1S/C21H17F3N4O/c22-21(23,24)16-6-3-7-17(12-16)25-19-9-8-18(26-27-19)20(29)28-11-10-14-4-1-2-5-15(14)13-28/h1-9,12H,10-11,13H2,(H,25,27). The summed E-state index contributed by atoms with van der Waals surface area (Å²) in [6.07, 6.45) is -3.64. The molecular weight excluding hydrogens is 381 g/mol. The van der Waals surface area contributed by atoms with Gasteiger partial charge in [-0.25, -0.2) is 0 Å². The lowest BCUT2D eigenvalue weighted by molar-refractivity contribution is -0.137. The first-order chi connectivity index (χ1) is 13.9. The predicted molar refractivity (Wildman–Crippen MR) is 102 cm³/mol. The Kier molecular flexibility index (Phi) is 4.92. The number of rotatable bonds is 3. The number of nitrogens with one attached hydrogen (secondary N) is 1. The summed E-state index contributed by atoms with van der Waals surface area (Å²) in [5.74, 6) is 0.0301. The molecule has 2 aromatic carbocycles. The van der Waals surface area contributed by atoms with Crippen molar-refractivity contribution < 1.29 is 18.0 Å². The largest absolute Gasteiger partial charge is 0.416 e. The van der Waals surface area contributed by atoms with Crippen LogP contribution in [0.2, 0.25) is 0 Å². The number of anilines is 2. The molecule has 0 fully saturated rings. The van der Waals surface area contributed by atoms with Crippen LogP contribution in [0.4, 0.5) is 24.7 Å². The van der Waals surface area contributed by atoms with E-state index in [9.17, 15) is 18.0 Å². The van der Waals surface area contributed by atoms with Gasteiger partial charge in [-0.15, -0.1) is 10.2 Å². The highest BCUT2D eigenvalue weighted by Gasteiger charge is 2.30. The van der Waals surface area contributed by atoms with E-state index >= 15 is 0 Å². The topological polar surface area (TPSA) is 58.1 Å². The van der Waals surface area contributed by atoms with Gasteiger partial charge >= 0.3 is 6.18 Å². The highest BCUT2D eigenvalue weighted by atomic mass is 19.4. The van der Waals surface area contributed by atoms with Gasteiger partial charge in [-0.3, -0.25) is 4.79 Å². The number of alkyl halides is 3. The summed E-state index contributed by atoms with van der Waals surface area (Å²) < 4.78 is 38.5. The second-order valence-corrected chi connectivity index (χ2v) is 6.75. The van der Waals surface area contributed by atoms with Crippen molar-refractivity contribution in [2.24, 2.45) is 0 Å². The molecule has 148 valence electrons. The van der Waals surface area contributed by atoms with Gasteiger partial charge in [0.05, 0.1) is 5.56 Å². The van der Waals surface area contributed by atoms with E-state index in [-0.39, 0.29) is 23.1 Å². The minimum atomic E-state index is -4.42. The van der Waals surface area contributed by atoms with Gasteiger partial charge in [0.25, 0.3) is 5.91 Å². The fraction of sp³-hybridized carbons (Fsp3) is 0.190. The van der Waals surface area contributed by atoms with Crippen LogP contribution in [0.1, 0.15) is 27.2 Å². The first kappa shape index (κ1) is 18.9. The number of hydrogen-bond acceptors (Lipinski definition) is 4.